The monoisotopic (exact) mass is 332 g/mol. The summed E-state index contributed by atoms with van der Waals surface area (Å²) in [7, 11) is 0. The van der Waals surface area contributed by atoms with Gasteiger partial charge in [-0.15, -0.1) is 0 Å². The Kier molecular flexibility index (Phi) is 4.44. The van der Waals surface area contributed by atoms with E-state index in [4.69, 9.17) is 4.42 Å². The summed E-state index contributed by atoms with van der Waals surface area (Å²) in [6, 6.07) is 5.04. The summed E-state index contributed by atoms with van der Waals surface area (Å²) in [4.78, 5) is 25.2. The molecule has 1 amide bonds. The van der Waals surface area contributed by atoms with Crippen molar-refractivity contribution in [3.63, 3.8) is 0 Å². The van der Waals surface area contributed by atoms with Crippen molar-refractivity contribution in [1.29, 1.82) is 0 Å². The van der Waals surface area contributed by atoms with Crippen molar-refractivity contribution < 1.29 is 19.4 Å². The highest BCUT2D eigenvalue weighted by molar-refractivity contribution is 5.81. The number of hydrogen-bond acceptors (Lipinski definition) is 6. The van der Waals surface area contributed by atoms with Crippen molar-refractivity contribution in [3.05, 3.63) is 34.0 Å². The van der Waals surface area contributed by atoms with Gasteiger partial charge in [-0.05, 0) is 30.5 Å². The molecule has 0 saturated carbocycles. The molecule has 7 nitrogen and oxygen atoms in total. The maximum absolute atomic E-state index is 12.5. The lowest BCUT2D eigenvalue weighted by atomic mass is 10.1. The zero-order chi connectivity index (χ0) is 17.3. The second-order valence-electron chi connectivity index (χ2n) is 6.04. The SMILES string of the molecule is CC(=O)NCc1ccc2oc(N3CCC(O)CC3)c(O)c(=O)c2c1. The molecule has 1 aromatic carbocycles. The van der Waals surface area contributed by atoms with E-state index < -0.39 is 11.2 Å². The molecule has 2 heterocycles. The summed E-state index contributed by atoms with van der Waals surface area (Å²) in [5.74, 6) is -0.433. The fourth-order valence-corrected chi connectivity index (χ4v) is 2.84. The fraction of sp³-hybridized carbons (Fsp3) is 0.412. The number of nitrogens with zero attached hydrogens (tertiary/aromatic N) is 1. The molecule has 0 aliphatic carbocycles. The van der Waals surface area contributed by atoms with E-state index in [0.717, 1.165) is 5.56 Å². The zero-order valence-electron chi connectivity index (χ0n) is 13.4. The number of aliphatic hydroxyl groups is 1. The van der Waals surface area contributed by atoms with Crippen LogP contribution in [0, 0.1) is 0 Å². The van der Waals surface area contributed by atoms with Gasteiger partial charge in [-0.1, -0.05) is 6.07 Å². The van der Waals surface area contributed by atoms with Gasteiger partial charge in [0.25, 0.3) is 0 Å². The maximum atomic E-state index is 12.5. The van der Waals surface area contributed by atoms with Crippen LogP contribution in [0.3, 0.4) is 0 Å². The number of aromatic hydroxyl groups is 1. The number of amides is 1. The first-order valence-corrected chi connectivity index (χ1v) is 7.92. The van der Waals surface area contributed by atoms with Crippen LogP contribution in [-0.4, -0.2) is 35.3 Å². The van der Waals surface area contributed by atoms with Crippen molar-refractivity contribution in [3.8, 4) is 5.75 Å². The molecular weight excluding hydrogens is 312 g/mol. The van der Waals surface area contributed by atoms with Gasteiger partial charge >= 0.3 is 0 Å². The van der Waals surface area contributed by atoms with Gasteiger partial charge in [0.05, 0.1) is 11.5 Å². The lowest BCUT2D eigenvalue weighted by Crippen LogP contribution is -2.36. The van der Waals surface area contributed by atoms with E-state index in [9.17, 15) is 19.8 Å². The normalized spacial score (nSPS) is 15.7. The average molecular weight is 332 g/mol. The average Bonchev–Trinajstić information content (AvgIpc) is 2.57. The molecule has 0 spiro atoms. The molecule has 2 aromatic rings. The Morgan fingerprint density at radius 2 is 2.08 bits per heavy atom. The smallest absolute Gasteiger partial charge is 0.242 e. The van der Waals surface area contributed by atoms with Crippen LogP contribution in [0.5, 0.6) is 5.75 Å². The minimum atomic E-state index is -0.498. The number of hydrogen-bond donors (Lipinski definition) is 3. The Bertz CT molecular complexity index is 822. The van der Waals surface area contributed by atoms with Crippen molar-refractivity contribution in [2.75, 3.05) is 18.0 Å². The standard InChI is InChI=1S/C17H20N2O5/c1-10(20)18-9-11-2-3-14-13(8-11)15(22)16(23)17(24-14)19-6-4-12(21)5-7-19/h2-3,8,12,21,23H,4-7,9H2,1H3,(H,18,20). The molecule has 1 fully saturated rings. The third kappa shape index (κ3) is 3.21. The Hall–Kier alpha value is -2.54. The van der Waals surface area contributed by atoms with Gasteiger partial charge in [0.15, 0.2) is 0 Å². The summed E-state index contributed by atoms with van der Waals surface area (Å²) >= 11 is 0. The van der Waals surface area contributed by atoms with E-state index in [0.29, 0.717) is 38.1 Å². The van der Waals surface area contributed by atoms with Crippen LogP contribution in [-0.2, 0) is 11.3 Å². The van der Waals surface area contributed by atoms with Gasteiger partial charge in [0, 0.05) is 26.6 Å². The molecule has 3 rings (SSSR count). The molecule has 0 atom stereocenters. The maximum Gasteiger partial charge on any atom is 0.242 e. The second-order valence-corrected chi connectivity index (χ2v) is 6.04. The fourth-order valence-electron chi connectivity index (χ4n) is 2.84. The van der Waals surface area contributed by atoms with E-state index in [1.807, 2.05) is 0 Å². The van der Waals surface area contributed by atoms with Gasteiger partial charge in [-0.2, -0.15) is 0 Å². The Morgan fingerprint density at radius 3 is 2.75 bits per heavy atom. The van der Waals surface area contributed by atoms with E-state index in [2.05, 4.69) is 5.32 Å². The number of anilines is 1. The molecule has 3 N–H and O–H groups in total. The Morgan fingerprint density at radius 1 is 1.38 bits per heavy atom. The van der Waals surface area contributed by atoms with Crippen LogP contribution < -0.4 is 15.6 Å². The molecule has 24 heavy (non-hydrogen) atoms. The van der Waals surface area contributed by atoms with Crippen LogP contribution in [0.2, 0.25) is 0 Å². The summed E-state index contributed by atoms with van der Waals surface area (Å²) < 4.78 is 5.74. The van der Waals surface area contributed by atoms with Crippen molar-refractivity contribution in [2.45, 2.75) is 32.4 Å². The highest BCUT2D eigenvalue weighted by atomic mass is 16.4. The highest BCUT2D eigenvalue weighted by Crippen LogP contribution is 2.30. The molecule has 1 aromatic heterocycles. The van der Waals surface area contributed by atoms with Crippen LogP contribution in [0.15, 0.2) is 27.4 Å². The second kappa shape index (κ2) is 6.52. The number of aliphatic hydroxyl groups excluding tert-OH is 1. The van der Waals surface area contributed by atoms with Gasteiger partial charge in [-0.25, -0.2) is 0 Å². The zero-order valence-corrected chi connectivity index (χ0v) is 13.4. The number of carbonyl (C=O) groups excluding carboxylic acids is 1. The third-order valence-electron chi connectivity index (χ3n) is 4.21. The van der Waals surface area contributed by atoms with E-state index in [1.165, 1.54) is 6.92 Å². The van der Waals surface area contributed by atoms with Crippen molar-refractivity contribution in [2.24, 2.45) is 0 Å². The first-order valence-electron chi connectivity index (χ1n) is 7.92. The van der Waals surface area contributed by atoms with Crippen LogP contribution in [0.1, 0.15) is 25.3 Å². The molecule has 0 radical (unpaired) electrons. The number of rotatable bonds is 3. The Labute approximate surface area is 138 Å². The molecule has 7 heteroatoms. The first-order chi connectivity index (χ1) is 11.5. The first kappa shape index (κ1) is 16.3. The molecule has 128 valence electrons. The largest absolute Gasteiger partial charge is 0.500 e. The molecule has 0 bridgehead atoms. The van der Waals surface area contributed by atoms with E-state index >= 15 is 0 Å². The number of piperidine rings is 1. The van der Waals surface area contributed by atoms with Crippen molar-refractivity contribution >= 4 is 22.8 Å². The summed E-state index contributed by atoms with van der Waals surface area (Å²) in [6.45, 7) is 2.76. The van der Waals surface area contributed by atoms with Crippen LogP contribution in [0.25, 0.3) is 11.0 Å². The Balaban J connectivity index is 1.96. The molecule has 1 aliphatic heterocycles. The topological polar surface area (TPSA) is 103 Å². The number of fused-ring (bicyclic) bond motifs is 1. The summed E-state index contributed by atoms with van der Waals surface area (Å²) in [6.07, 6.45) is 0.778. The lowest BCUT2D eigenvalue weighted by Gasteiger charge is -2.30. The summed E-state index contributed by atoms with van der Waals surface area (Å²) in [5, 5.41) is 22.8. The highest BCUT2D eigenvalue weighted by Gasteiger charge is 2.24. The molecule has 1 saturated heterocycles. The predicted molar refractivity (Wildman–Crippen MR) is 89.1 cm³/mol. The number of nitrogens with one attached hydrogen (secondary N) is 1. The van der Waals surface area contributed by atoms with E-state index in [-0.39, 0.29) is 23.3 Å². The van der Waals surface area contributed by atoms with Gasteiger partial charge in [0.2, 0.25) is 23.0 Å². The molecule has 0 unspecified atom stereocenters. The predicted octanol–water partition coefficient (Wildman–Crippen LogP) is 1.10. The van der Waals surface area contributed by atoms with Gasteiger partial charge in [0.1, 0.15) is 5.58 Å². The molecular formula is C17H20N2O5. The van der Waals surface area contributed by atoms with Gasteiger partial charge in [-0.3, -0.25) is 9.59 Å². The van der Waals surface area contributed by atoms with Gasteiger partial charge < -0.3 is 24.8 Å². The quantitative estimate of drug-likeness (QED) is 0.778. The summed E-state index contributed by atoms with van der Waals surface area (Å²) in [5.41, 5.74) is 0.630. The third-order valence-corrected chi connectivity index (χ3v) is 4.21. The van der Waals surface area contributed by atoms with Crippen molar-refractivity contribution in [1.82, 2.24) is 5.32 Å². The van der Waals surface area contributed by atoms with E-state index in [1.54, 1.807) is 23.1 Å². The van der Waals surface area contributed by atoms with Crippen LogP contribution in [0.4, 0.5) is 5.88 Å². The minimum absolute atomic E-state index is 0.147. The molecule has 1 aliphatic rings. The van der Waals surface area contributed by atoms with Crippen LogP contribution >= 0.6 is 0 Å². The minimum Gasteiger partial charge on any atom is -0.500 e. The number of carbonyl (C=O) groups is 1. The lowest BCUT2D eigenvalue weighted by molar-refractivity contribution is -0.119. The number of benzene rings is 1.